The third-order valence-electron chi connectivity index (χ3n) is 9.73. The lowest BCUT2D eigenvalue weighted by atomic mass is 9.44. The van der Waals surface area contributed by atoms with Gasteiger partial charge in [-0.3, -0.25) is 4.55 Å². The van der Waals surface area contributed by atoms with Crippen molar-refractivity contribution in [3.8, 4) is 0 Å². The van der Waals surface area contributed by atoms with Crippen molar-refractivity contribution in [2.75, 3.05) is 6.61 Å². The van der Waals surface area contributed by atoms with E-state index in [0.717, 1.165) is 12.8 Å². The third kappa shape index (κ3) is 3.57. The SMILES string of the molecule is CC12CCC3C(C(O)CC4CCCCC43C)C1CCC2CCCOS(=O)(=O)O. The van der Waals surface area contributed by atoms with Crippen LogP contribution in [-0.2, 0) is 14.6 Å². The van der Waals surface area contributed by atoms with Gasteiger partial charge in [-0.25, -0.2) is 4.18 Å². The van der Waals surface area contributed by atoms with Crippen LogP contribution >= 0.6 is 0 Å². The molecule has 0 aromatic heterocycles. The van der Waals surface area contributed by atoms with Gasteiger partial charge in [0.05, 0.1) is 12.7 Å². The molecule has 4 rings (SSSR count). The van der Waals surface area contributed by atoms with Gasteiger partial charge in [0.2, 0.25) is 0 Å². The number of fused-ring (bicyclic) bond motifs is 5. The van der Waals surface area contributed by atoms with Crippen LogP contribution in [0.3, 0.4) is 0 Å². The predicted molar refractivity (Wildman–Crippen MR) is 108 cm³/mol. The first-order valence-corrected chi connectivity index (χ1v) is 12.8. The Morgan fingerprint density at radius 1 is 1.00 bits per heavy atom. The molecule has 6 heteroatoms. The van der Waals surface area contributed by atoms with Gasteiger partial charge in [-0.05, 0) is 98.2 Å². The average molecular weight is 415 g/mol. The number of rotatable bonds is 5. The van der Waals surface area contributed by atoms with Gasteiger partial charge < -0.3 is 5.11 Å². The van der Waals surface area contributed by atoms with Crippen LogP contribution in [0, 0.1) is 40.4 Å². The molecule has 0 aromatic rings. The van der Waals surface area contributed by atoms with E-state index < -0.39 is 10.4 Å². The molecule has 4 fully saturated rings. The summed E-state index contributed by atoms with van der Waals surface area (Å²) in [5, 5.41) is 11.2. The summed E-state index contributed by atoms with van der Waals surface area (Å²) in [6.07, 6.45) is 12.6. The van der Waals surface area contributed by atoms with E-state index in [-0.39, 0.29) is 18.1 Å². The van der Waals surface area contributed by atoms with Gasteiger partial charge in [0.15, 0.2) is 0 Å². The van der Waals surface area contributed by atoms with Crippen LogP contribution in [0.15, 0.2) is 0 Å². The van der Waals surface area contributed by atoms with Crippen molar-refractivity contribution in [1.29, 1.82) is 0 Å². The Balaban J connectivity index is 1.46. The Morgan fingerprint density at radius 3 is 2.50 bits per heavy atom. The van der Waals surface area contributed by atoms with Crippen molar-refractivity contribution < 1.29 is 22.3 Å². The third-order valence-corrected chi connectivity index (χ3v) is 10.2. The van der Waals surface area contributed by atoms with E-state index in [1.807, 2.05) is 0 Å². The molecule has 0 aromatic carbocycles. The van der Waals surface area contributed by atoms with E-state index >= 15 is 0 Å². The summed E-state index contributed by atoms with van der Waals surface area (Å²) >= 11 is 0. The fourth-order valence-corrected chi connectivity index (χ4v) is 8.66. The Bertz CT molecular complexity index is 678. The smallest absolute Gasteiger partial charge is 0.393 e. The molecule has 4 aliphatic carbocycles. The van der Waals surface area contributed by atoms with Gasteiger partial charge in [0.1, 0.15) is 0 Å². The maximum absolute atomic E-state index is 11.2. The zero-order chi connectivity index (χ0) is 20.2. The van der Waals surface area contributed by atoms with E-state index in [9.17, 15) is 13.5 Å². The lowest BCUT2D eigenvalue weighted by Gasteiger charge is -2.62. The summed E-state index contributed by atoms with van der Waals surface area (Å²) in [6.45, 7) is 5.02. The average Bonchev–Trinajstić information content (AvgIpc) is 2.95. The van der Waals surface area contributed by atoms with Crippen LogP contribution in [0.25, 0.3) is 0 Å². The lowest BCUT2D eigenvalue weighted by molar-refractivity contribution is -0.162. The van der Waals surface area contributed by atoms with Crippen LogP contribution < -0.4 is 0 Å². The van der Waals surface area contributed by atoms with Crippen LogP contribution in [0.2, 0.25) is 0 Å². The molecule has 0 amide bonds. The fraction of sp³-hybridized carbons (Fsp3) is 1.00. The van der Waals surface area contributed by atoms with E-state index in [1.54, 1.807) is 0 Å². The minimum atomic E-state index is -4.33. The second-order valence-electron chi connectivity index (χ2n) is 10.8. The maximum Gasteiger partial charge on any atom is 0.397 e. The van der Waals surface area contributed by atoms with E-state index in [2.05, 4.69) is 18.0 Å². The maximum atomic E-state index is 11.2. The van der Waals surface area contributed by atoms with Gasteiger partial charge in [0, 0.05) is 0 Å². The van der Waals surface area contributed by atoms with Gasteiger partial charge in [0.25, 0.3) is 0 Å². The first kappa shape index (κ1) is 21.1. The number of aliphatic hydroxyl groups is 1. The van der Waals surface area contributed by atoms with E-state index in [4.69, 9.17) is 4.55 Å². The van der Waals surface area contributed by atoms with Crippen LogP contribution in [0.5, 0.6) is 0 Å². The molecule has 162 valence electrons. The Hall–Kier alpha value is -0.170. The minimum absolute atomic E-state index is 0.0600. The first-order chi connectivity index (χ1) is 13.2. The van der Waals surface area contributed by atoms with Gasteiger partial charge >= 0.3 is 10.4 Å². The molecule has 5 nitrogen and oxygen atoms in total. The van der Waals surface area contributed by atoms with Crippen molar-refractivity contribution in [3.63, 3.8) is 0 Å². The zero-order valence-electron chi connectivity index (χ0n) is 17.5. The van der Waals surface area contributed by atoms with Gasteiger partial charge in [-0.15, -0.1) is 0 Å². The first-order valence-electron chi connectivity index (χ1n) is 11.4. The monoisotopic (exact) mass is 414 g/mol. The molecule has 0 bridgehead atoms. The quantitative estimate of drug-likeness (QED) is 0.507. The van der Waals surface area contributed by atoms with Crippen molar-refractivity contribution in [2.24, 2.45) is 40.4 Å². The molecule has 8 unspecified atom stereocenters. The Morgan fingerprint density at radius 2 is 1.75 bits per heavy atom. The van der Waals surface area contributed by atoms with Crippen LogP contribution in [0.4, 0.5) is 0 Å². The highest BCUT2D eigenvalue weighted by Gasteiger charge is 2.61. The summed E-state index contributed by atoms with van der Waals surface area (Å²) in [6, 6.07) is 0. The summed E-state index contributed by atoms with van der Waals surface area (Å²) in [5.74, 6) is 2.97. The molecule has 8 atom stereocenters. The van der Waals surface area contributed by atoms with Gasteiger partial charge in [-0.1, -0.05) is 26.7 Å². The zero-order valence-corrected chi connectivity index (χ0v) is 18.3. The number of hydrogen-bond acceptors (Lipinski definition) is 4. The number of aliphatic hydroxyl groups excluding tert-OH is 1. The van der Waals surface area contributed by atoms with Gasteiger partial charge in [-0.2, -0.15) is 8.42 Å². The topological polar surface area (TPSA) is 83.8 Å². The normalized spacial score (nSPS) is 48.6. The molecule has 0 saturated heterocycles. The highest BCUT2D eigenvalue weighted by molar-refractivity contribution is 7.80. The lowest BCUT2D eigenvalue weighted by Crippen LogP contribution is -2.57. The summed E-state index contributed by atoms with van der Waals surface area (Å²) < 4.78 is 34.8. The summed E-state index contributed by atoms with van der Waals surface area (Å²) in [7, 11) is -4.33. The highest BCUT2D eigenvalue weighted by Crippen LogP contribution is 2.67. The molecule has 4 aliphatic rings. The van der Waals surface area contributed by atoms with Crippen LogP contribution in [-0.4, -0.2) is 30.8 Å². The Kier molecular flexibility index (Phi) is 5.65. The predicted octanol–water partition coefficient (Wildman–Crippen LogP) is 4.61. The molecule has 28 heavy (non-hydrogen) atoms. The molecule has 0 spiro atoms. The van der Waals surface area contributed by atoms with E-state index in [0.29, 0.717) is 41.4 Å². The standard InChI is InChI=1S/C22H38O5S/c1-21-11-4-3-6-16(21)14-19(23)20-17-9-8-15(7-5-13-27-28(24,25)26)22(17,2)12-10-18(20)21/h15-20,23H,3-14H2,1-2H3,(H,24,25,26). The molecule has 2 N–H and O–H groups in total. The second-order valence-corrected chi connectivity index (χ2v) is 11.8. The van der Waals surface area contributed by atoms with E-state index in [1.165, 1.54) is 51.4 Å². The summed E-state index contributed by atoms with van der Waals surface area (Å²) in [5.41, 5.74) is 0.670. The number of hydrogen-bond donors (Lipinski definition) is 2. The van der Waals surface area contributed by atoms with Crippen molar-refractivity contribution >= 4 is 10.4 Å². The Labute approximate surface area is 170 Å². The van der Waals surface area contributed by atoms with Crippen molar-refractivity contribution in [3.05, 3.63) is 0 Å². The molecular weight excluding hydrogens is 376 g/mol. The molecular formula is C22H38O5S. The van der Waals surface area contributed by atoms with Crippen molar-refractivity contribution in [2.45, 2.75) is 90.6 Å². The van der Waals surface area contributed by atoms with Crippen molar-refractivity contribution in [1.82, 2.24) is 0 Å². The largest absolute Gasteiger partial charge is 0.397 e. The highest BCUT2D eigenvalue weighted by atomic mass is 32.3. The summed E-state index contributed by atoms with van der Waals surface area (Å²) in [4.78, 5) is 0. The minimum Gasteiger partial charge on any atom is -0.393 e. The molecule has 0 aliphatic heterocycles. The fourth-order valence-electron chi connectivity index (χ4n) is 8.33. The molecule has 0 radical (unpaired) electrons. The molecule has 0 heterocycles. The second kappa shape index (κ2) is 7.51. The molecule has 4 saturated carbocycles. The van der Waals surface area contributed by atoms with Crippen LogP contribution in [0.1, 0.15) is 84.5 Å².